The number of unbranched alkanes of at least 4 members (excludes halogenated alkanes) is 3. The fourth-order valence-electron chi connectivity index (χ4n) is 2.77. The van der Waals surface area contributed by atoms with E-state index in [1.54, 1.807) is 6.92 Å². The van der Waals surface area contributed by atoms with E-state index in [0.29, 0.717) is 0 Å². The predicted octanol–water partition coefficient (Wildman–Crippen LogP) is 4.96. The van der Waals surface area contributed by atoms with Crippen molar-refractivity contribution in [2.45, 2.75) is 58.3 Å². The van der Waals surface area contributed by atoms with Crippen LogP contribution in [0, 0.1) is 5.92 Å². The Labute approximate surface area is 111 Å². The molecule has 2 atom stereocenters. The van der Waals surface area contributed by atoms with Gasteiger partial charge in [0.2, 0.25) is 0 Å². The summed E-state index contributed by atoms with van der Waals surface area (Å²) in [5.74, 6) is 1.84. The maximum Gasteiger partial charge on any atom is 0.159 e. The van der Waals surface area contributed by atoms with Crippen LogP contribution in [0.5, 0.6) is 0 Å². The molecule has 1 fully saturated rings. The number of carbonyl (C=O) groups excluding carboxylic acids is 1. The highest BCUT2D eigenvalue weighted by Crippen LogP contribution is 2.50. The molecule has 0 N–H and O–H groups in total. The summed E-state index contributed by atoms with van der Waals surface area (Å²) in [6.45, 7) is 3.89. The molecule has 2 rings (SSSR count). The summed E-state index contributed by atoms with van der Waals surface area (Å²) in [5.41, 5.74) is 2.26. The Morgan fingerprint density at radius 2 is 1.89 bits per heavy atom. The first-order valence-corrected chi connectivity index (χ1v) is 7.33. The van der Waals surface area contributed by atoms with E-state index in [0.717, 1.165) is 17.4 Å². The zero-order chi connectivity index (χ0) is 13.0. The van der Waals surface area contributed by atoms with E-state index in [1.165, 1.54) is 44.1 Å². The number of Topliss-reactive ketones (excluding diaryl/α,β-unsaturated/α-hetero) is 1. The van der Waals surface area contributed by atoms with Crippen LogP contribution in [-0.2, 0) is 0 Å². The molecular formula is C17H24O. The zero-order valence-electron chi connectivity index (χ0n) is 11.6. The monoisotopic (exact) mass is 244 g/mol. The normalized spacial score (nSPS) is 21.9. The van der Waals surface area contributed by atoms with Crippen molar-refractivity contribution in [2.24, 2.45) is 5.92 Å². The van der Waals surface area contributed by atoms with Gasteiger partial charge in [0, 0.05) is 5.56 Å². The summed E-state index contributed by atoms with van der Waals surface area (Å²) < 4.78 is 0. The average Bonchev–Trinajstić information content (AvgIpc) is 3.14. The van der Waals surface area contributed by atoms with Gasteiger partial charge in [0.1, 0.15) is 0 Å². The van der Waals surface area contributed by atoms with Gasteiger partial charge >= 0.3 is 0 Å². The summed E-state index contributed by atoms with van der Waals surface area (Å²) >= 11 is 0. The molecule has 0 spiro atoms. The van der Waals surface area contributed by atoms with Crippen molar-refractivity contribution in [3.05, 3.63) is 35.4 Å². The fraction of sp³-hybridized carbons (Fsp3) is 0.588. The van der Waals surface area contributed by atoms with Crippen LogP contribution in [0.1, 0.15) is 74.2 Å². The molecule has 0 aliphatic heterocycles. The summed E-state index contributed by atoms with van der Waals surface area (Å²) in [5, 5.41) is 0. The van der Waals surface area contributed by atoms with Gasteiger partial charge in [-0.2, -0.15) is 0 Å². The van der Waals surface area contributed by atoms with Gasteiger partial charge in [0.15, 0.2) is 5.78 Å². The first kappa shape index (κ1) is 13.3. The van der Waals surface area contributed by atoms with Crippen molar-refractivity contribution >= 4 is 5.78 Å². The van der Waals surface area contributed by atoms with Crippen LogP contribution in [0.2, 0.25) is 0 Å². The Morgan fingerprint density at radius 1 is 1.17 bits per heavy atom. The van der Waals surface area contributed by atoms with Crippen molar-refractivity contribution in [3.8, 4) is 0 Å². The summed E-state index contributed by atoms with van der Waals surface area (Å²) in [6, 6.07) is 8.25. The molecule has 0 bridgehead atoms. The second-order valence-corrected chi connectivity index (χ2v) is 5.63. The minimum absolute atomic E-state index is 0.161. The molecule has 1 aromatic carbocycles. The smallest absolute Gasteiger partial charge is 0.159 e. The number of rotatable bonds is 7. The van der Waals surface area contributed by atoms with Crippen molar-refractivity contribution < 1.29 is 4.79 Å². The molecule has 98 valence electrons. The molecular weight excluding hydrogens is 220 g/mol. The van der Waals surface area contributed by atoms with E-state index in [-0.39, 0.29) is 5.78 Å². The first-order chi connectivity index (χ1) is 8.72. The van der Waals surface area contributed by atoms with Crippen LogP contribution < -0.4 is 0 Å². The summed E-state index contributed by atoms with van der Waals surface area (Å²) in [6.07, 6.45) is 8.22. The van der Waals surface area contributed by atoms with Gasteiger partial charge in [-0.15, -0.1) is 0 Å². The van der Waals surface area contributed by atoms with E-state index in [1.807, 2.05) is 12.1 Å². The van der Waals surface area contributed by atoms with E-state index >= 15 is 0 Å². The van der Waals surface area contributed by atoms with Crippen molar-refractivity contribution in [3.63, 3.8) is 0 Å². The molecule has 1 aromatic rings. The Hall–Kier alpha value is -1.11. The largest absolute Gasteiger partial charge is 0.295 e. The van der Waals surface area contributed by atoms with E-state index in [9.17, 15) is 4.79 Å². The van der Waals surface area contributed by atoms with E-state index in [4.69, 9.17) is 0 Å². The second-order valence-electron chi connectivity index (χ2n) is 5.63. The van der Waals surface area contributed by atoms with Crippen LogP contribution in [0.25, 0.3) is 0 Å². The van der Waals surface area contributed by atoms with Gasteiger partial charge in [0.05, 0.1) is 0 Å². The highest BCUT2D eigenvalue weighted by Gasteiger charge is 2.37. The molecule has 0 amide bonds. The van der Waals surface area contributed by atoms with Gasteiger partial charge in [0.25, 0.3) is 0 Å². The predicted molar refractivity (Wildman–Crippen MR) is 76.1 cm³/mol. The van der Waals surface area contributed by atoms with Crippen LogP contribution in [0.3, 0.4) is 0 Å². The van der Waals surface area contributed by atoms with Crippen molar-refractivity contribution in [1.82, 2.24) is 0 Å². The quantitative estimate of drug-likeness (QED) is 0.489. The number of benzene rings is 1. The van der Waals surface area contributed by atoms with Crippen LogP contribution >= 0.6 is 0 Å². The van der Waals surface area contributed by atoms with Crippen LogP contribution in [0.15, 0.2) is 24.3 Å². The van der Waals surface area contributed by atoms with E-state index in [2.05, 4.69) is 19.1 Å². The average molecular weight is 244 g/mol. The Kier molecular flexibility index (Phi) is 4.57. The Morgan fingerprint density at radius 3 is 2.50 bits per heavy atom. The molecule has 18 heavy (non-hydrogen) atoms. The molecule has 0 saturated heterocycles. The third kappa shape index (κ3) is 3.44. The third-order valence-corrected chi connectivity index (χ3v) is 4.10. The molecule has 0 unspecified atom stereocenters. The lowest BCUT2D eigenvalue weighted by Gasteiger charge is -2.02. The highest BCUT2D eigenvalue weighted by atomic mass is 16.1. The first-order valence-electron chi connectivity index (χ1n) is 7.33. The topological polar surface area (TPSA) is 17.1 Å². The Balaban J connectivity index is 1.78. The Bertz CT molecular complexity index is 391. The van der Waals surface area contributed by atoms with Crippen molar-refractivity contribution in [2.75, 3.05) is 0 Å². The maximum absolute atomic E-state index is 11.2. The molecule has 1 aliphatic carbocycles. The maximum atomic E-state index is 11.2. The van der Waals surface area contributed by atoms with Gasteiger partial charge in [-0.05, 0) is 37.2 Å². The lowest BCUT2D eigenvalue weighted by atomic mass is 10.0. The number of hydrogen-bond acceptors (Lipinski definition) is 1. The van der Waals surface area contributed by atoms with Crippen LogP contribution in [-0.4, -0.2) is 5.78 Å². The van der Waals surface area contributed by atoms with Gasteiger partial charge in [-0.3, -0.25) is 4.79 Å². The van der Waals surface area contributed by atoms with E-state index < -0.39 is 0 Å². The highest BCUT2D eigenvalue weighted by molar-refractivity contribution is 5.94. The number of ketones is 1. The molecule has 1 heteroatoms. The molecule has 1 aliphatic rings. The lowest BCUT2D eigenvalue weighted by molar-refractivity contribution is 0.101. The molecule has 1 saturated carbocycles. The van der Waals surface area contributed by atoms with Gasteiger partial charge < -0.3 is 0 Å². The number of hydrogen-bond donors (Lipinski definition) is 0. The van der Waals surface area contributed by atoms with Crippen LogP contribution in [0.4, 0.5) is 0 Å². The fourth-order valence-corrected chi connectivity index (χ4v) is 2.77. The molecule has 0 aromatic heterocycles. The minimum Gasteiger partial charge on any atom is -0.295 e. The third-order valence-electron chi connectivity index (χ3n) is 4.10. The molecule has 1 nitrogen and oxygen atoms in total. The lowest BCUT2D eigenvalue weighted by Crippen LogP contribution is -1.92. The number of carbonyl (C=O) groups is 1. The standard InChI is InChI=1S/C17H24O/c1-3-4-5-6-7-16-12-17(16)15-10-8-14(9-11-15)13(2)18/h8-11,16-17H,3-7,12H2,1-2H3/t16-,17+/m0/s1. The van der Waals surface area contributed by atoms with Crippen molar-refractivity contribution in [1.29, 1.82) is 0 Å². The zero-order valence-corrected chi connectivity index (χ0v) is 11.6. The molecule has 0 radical (unpaired) electrons. The summed E-state index contributed by atoms with van der Waals surface area (Å²) in [4.78, 5) is 11.2. The van der Waals surface area contributed by atoms with Gasteiger partial charge in [-0.1, -0.05) is 56.9 Å². The summed E-state index contributed by atoms with van der Waals surface area (Å²) in [7, 11) is 0. The second kappa shape index (κ2) is 6.17. The SMILES string of the molecule is CCCCCC[C@H]1C[C@@H]1c1ccc(C(C)=O)cc1. The minimum atomic E-state index is 0.161. The van der Waals surface area contributed by atoms with Gasteiger partial charge in [-0.25, -0.2) is 0 Å². The molecule has 0 heterocycles.